The number of aliphatic hydroxyl groups is 1. The highest BCUT2D eigenvalue weighted by molar-refractivity contribution is 5.94. The zero-order chi connectivity index (χ0) is 17.9. The van der Waals surface area contributed by atoms with Crippen molar-refractivity contribution in [3.8, 4) is 5.75 Å². The first-order valence-corrected chi connectivity index (χ1v) is 9.77. The van der Waals surface area contributed by atoms with Crippen LogP contribution in [0.3, 0.4) is 0 Å². The largest absolute Gasteiger partial charge is 0.490 e. The summed E-state index contributed by atoms with van der Waals surface area (Å²) in [5.74, 6) is 0.877. The van der Waals surface area contributed by atoms with E-state index in [1.807, 2.05) is 38.2 Å². The molecule has 0 radical (unpaired) electrons. The Bertz CT molecular complexity index is 579. The molecular weight excluding hydrogens is 314 g/mol. The lowest BCUT2D eigenvalue weighted by Crippen LogP contribution is -2.37. The van der Waals surface area contributed by atoms with Gasteiger partial charge >= 0.3 is 0 Å². The van der Waals surface area contributed by atoms with Crippen molar-refractivity contribution in [2.45, 2.75) is 82.5 Å². The Kier molecular flexibility index (Phi) is 5.67. The number of amides is 1. The van der Waals surface area contributed by atoms with Gasteiger partial charge in [-0.05, 0) is 75.6 Å². The van der Waals surface area contributed by atoms with Crippen LogP contribution in [0.2, 0.25) is 0 Å². The number of carbonyl (C=O) groups is 1. The summed E-state index contributed by atoms with van der Waals surface area (Å²) in [6.07, 6.45) is 9.46. The molecule has 2 saturated carbocycles. The van der Waals surface area contributed by atoms with Gasteiger partial charge in [0.1, 0.15) is 5.75 Å². The van der Waals surface area contributed by atoms with Crippen LogP contribution in [-0.4, -0.2) is 40.7 Å². The standard InChI is InChI=1S/C21H31NO3/c1-3-21(24)14-13-17(15-21)22(2)20(23)16-9-11-19(12-10-16)25-18-7-5-4-6-8-18/h9-12,17-18,24H,3-8,13-15H2,1-2H3. The summed E-state index contributed by atoms with van der Waals surface area (Å²) in [5, 5.41) is 10.4. The van der Waals surface area contributed by atoms with Gasteiger partial charge in [0.15, 0.2) is 0 Å². The lowest BCUT2D eigenvalue weighted by molar-refractivity contribution is 0.0348. The van der Waals surface area contributed by atoms with Crippen LogP contribution >= 0.6 is 0 Å². The molecule has 3 rings (SSSR count). The minimum Gasteiger partial charge on any atom is -0.490 e. The summed E-state index contributed by atoms with van der Waals surface area (Å²) in [7, 11) is 1.85. The maximum atomic E-state index is 12.7. The number of rotatable bonds is 5. The SMILES string of the molecule is CCC1(O)CCC(N(C)C(=O)c2ccc(OC3CCCCC3)cc2)C1. The Morgan fingerprint density at radius 3 is 2.48 bits per heavy atom. The molecule has 0 aliphatic heterocycles. The van der Waals surface area contributed by atoms with Crippen LogP contribution in [0.5, 0.6) is 5.75 Å². The summed E-state index contributed by atoms with van der Waals surface area (Å²) in [6, 6.07) is 7.66. The normalized spacial score (nSPS) is 27.2. The van der Waals surface area contributed by atoms with E-state index in [2.05, 4.69) is 0 Å². The van der Waals surface area contributed by atoms with E-state index in [1.54, 1.807) is 4.90 Å². The molecule has 0 saturated heterocycles. The Morgan fingerprint density at radius 2 is 1.88 bits per heavy atom. The fraction of sp³-hybridized carbons (Fsp3) is 0.667. The van der Waals surface area contributed by atoms with E-state index in [-0.39, 0.29) is 11.9 Å². The molecule has 1 aromatic carbocycles. The van der Waals surface area contributed by atoms with Crippen molar-refractivity contribution in [3.05, 3.63) is 29.8 Å². The molecule has 1 N–H and O–H groups in total. The number of hydrogen-bond acceptors (Lipinski definition) is 3. The second-order valence-electron chi connectivity index (χ2n) is 7.79. The van der Waals surface area contributed by atoms with Crippen molar-refractivity contribution >= 4 is 5.91 Å². The van der Waals surface area contributed by atoms with E-state index >= 15 is 0 Å². The van der Waals surface area contributed by atoms with Gasteiger partial charge in [0.05, 0.1) is 11.7 Å². The third-order valence-electron chi connectivity index (χ3n) is 6.04. The number of hydrogen-bond donors (Lipinski definition) is 1. The monoisotopic (exact) mass is 345 g/mol. The molecule has 2 aliphatic carbocycles. The van der Waals surface area contributed by atoms with E-state index in [0.29, 0.717) is 18.1 Å². The van der Waals surface area contributed by atoms with Gasteiger partial charge in [0.2, 0.25) is 0 Å². The third-order valence-corrected chi connectivity index (χ3v) is 6.04. The molecule has 2 atom stereocenters. The van der Waals surface area contributed by atoms with Crippen LogP contribution in [-0.2, 0) is 0 Å². The van der Waals surface area contributed by atoms with Crippen LogP contribution in [0, 0.1) is 0 Å². The summed E-state index contributed by atoms with van der Waals surface area (Å²) >= 11 is 0. The fourth-order valence-electron chi connectivity index (χ4n) is 4.15. The summed E-state index contributed by atoms with van der Waals surface area (Å²) in [4.78, 5) is 14.5. The first kappa shape index (κ1) is 18.2. The highest BCUT2D eigenvalue weighted by atomic mass is 16.5. The topological polar surface area (TPSA) is 49.8 Å². The molecule has 25 heavy (non-hydrogen) atoms. The number of benzene rings is 1. The molecule has 4 heteroatoms. The van der Waals surface area contributed by atoms with Crippen molar-refractivity contribution in [2.24, 2.45) is 0 Å². The average molecular weight is 345 g/mol. The minimum atomic E-state index is -0.600. The van der Waals surface area contributed by atoms with Crippen LogP contribution in [0.4, 0.5) is 0 Å². The van der Waals surface area contributed by atoms with Gasteiger partial charge in [0, 0.05) is 18.7 Å². The molecule has 2 aliphatic rings. The van der Waals surface area contributed by atoms with E-state index in [0.717, 1.165) is 37.9 Å². The Labute approximate surface area is 151 Å². The maximum Gasteiger partial charge on any atom is 0.253 e. The molecule has 0 spiro atoms. The van der Waals surface area contributed by atoms with E-state index < -0.39 is 5.60 Å². The Hall–Kier alpha value is -1.55. The number of ether oxygens (including phenoxy) is 1. The number of carbonyl (C=O) groups excluding carboxylic acids is 1. The van der Waals surface area contributed by atoms with E-state index in [1.165, 1.54) is 19.3 Å². The molecule has 0 heterocycles. The van der Waals surface area contributed by atoms with Crippen LogP contribution in [0.25, 0.3) is 0 Å². The van der Waals surface area contributed by atoms with Gasteiger partial charge in [-0.3, -0.25) is 4.79 Å². The molecule has 2 fully saturated rings. The molecule has 0 aromatic heterocycles. The van der Waals surface area contributed by atoms with Crippen LogP contribution in [0.1, 0.15) is 75.1 Å². The van der Waals surface area contributed by atoms with E-state index in [9.17, 15) is 9.90 Å². The highest BCUT2D eigenvalue weighted by Gasteiger charge is 2.38. The predicted molar refractivity (Wildman–Crippen MR) is 98.9 cm³/mol. The Morgan fingerprint density at radius 1 is 1.20 bits per heavy atom. The molecule has 1 aromatic rings. The summed E-state index contributed by atoms with van der Waals surface area (Å²) < 4.78 is 6.03. The minimum absolute atomic E-state index is 0.0227. The highest BCUT2D eigenvalue weighted by Crippen LogP contribution is 2.35. The molecular formula is C21H31NO3. The van der Waals surface area contributed by atoms with Crippen LogP contribution in [0.15, 0.2) is 24.3 Å². The lowest BCUT2D eigenvalue weighted by Gasteiger charge is -2.27. The predicted octanol–water partition coefficient (Wildman–Crippen LogP) is 4.16. The van der Waals surface area contributed by atoms with Crippen molar-refractivity contribution < 1.29 is 14.6 Å². The van der Waals surface area contributed by atoms with E-state index in [4.69, 9.17) is 4.74 Å². The summed E-state index contributed by atoms with van der Waals surface area (Å²) in [6.45, 7) is 2.01. The second-order valence-corrected chi connectivity index (χ2v) is 7.79. The first-order chi connectivity index (χ1) is 12.0. The van der Waals surface area contributed by atoms with Crippen molar-refractivity contribution in [2.75, 3.05) is 7.05 Å². The molecule has 138 valence electrons. The van der Waals surface area contributed by atoms with Gasteiger partial charge < -0.3 is 14.7 Å². The molecule has 1 amide bonds. The van der Waals surface area contributed by atoms with Crippen molar-refractivity contribution in [1.29, 1.82) is 0 Å². The smallest absolute Gasteiger partial charge is 0.253 e. The van der Waals surface area contributed by atoms with Crippen molar-refractivity contribution in [1.82, 2.24) is 4.90 Å². The lowest BCUT2D eigenvalue weighted by atomic mass is 9.98. The Balaban J connectivity index is 1.58. The van der Waals surface area contributed by atoms with Gasteiger partial charge in [-0.1, -0.05) is 13.3 Å². The number of nitrogens with zero attached hydrogens (tertiary/aromatic N) is 1. The molecule has 0 bridgehead atoms. The van der Waals surface area contributed by atoms with Gasteiger partial charge in [-0.15, -0.1) is 0 Å². The first-order valence-electron chi connectivity index (χ1n) is 9.77. The van der Waals surface area contributed by atoms with Gasteiger partial charge in [0.25, 0.3) is 5.91 Å². The second kappa shape index (κ2) is 7.77. The zero-order valence-corrected chi connectivity index (χ0v) is 15.5. The average Bonchev–Trinajstić information content (AvgIpc) is 3.05. The van der Waals surface area contributed by atoms with Crippen LogP contribution < -0.4 is 4.74 Å². The summed E-state index contributed by atoms with van der Waals surface area (Å²) in [5.41, 5.74) is 0.0853. The fourth-order valence-corrected chi connectivity index (χ4v) is 4.15. The van der Waals surface area contributed by atoms with Gasteiger partial charge in [-0.2, -0.15) is 0 Å². The third kappa shape index (κ3) is 4.35. The van der Waals surface area contributed by atoms with Gasteiger partial charge in [-0.25, -0.2) is 0 Å². The quantitative estimate of drug-likeness (QED) is 0.871. The zero-order valence-electron chi connectivity index (χ0n) is 15.5. The molecule has 2 unspecified atom stereocenters. The maximum absolute atomic E-state index is 12.7. The van der Waals surface area contributed by atoms with Crippen molar-refractivity contribution in [3.63, 3.8) is 0 Å². The molecule has 4 nitrogen and oxygen atoms in total.